The van der Waals surface area contributed by atoms with Gasteiger partial charge in [-0.15, -0.1) is 11.3 Å². The summed E-state index contributed by atoms with van der Waals surface area (Å²) in [6.45, 7) is 2.76. The number of aryl methyl sites for hydroxylation is 1. The molecule has 1 saturated heterocycles. The van der Waals surface area contributed by atoms with E-state index in [-0.39, 0.29) is 17.3 Å². The lowest BCUT2D eigenvalue weighted by molar-refractivity contribution is -0.140. The maximum absolute atomic E-state index is 12.8. The Labute approximate surface area is 173 Å². The maximum Gasteiger partial charge on any atom is 0.309 e. The van der Waals surface area contributed by atoms with Gasteiger partial charge in [-0.3, -0.25) is 9.59 Å². The van der Waals surface area contributed by atoms with Gasteiger partial charge in [-0.05, 0) is 30.4 Å². The van der Waals surface area contributed by atoms with Crippen molar-refractivity contribution in [1.82, 2.24) is 14.9 Å². The molecule has 2 aromatic rings. The van der Waals surface area contributed by atoms with Crippen molar-refractivity contribution in [3.8, 4) is 0 Å². The monoisotopic (exact) mass is 437 g/mol. The zero-order valence-electron chi connectivity index (χ0n) is 16.0. The van der Waals surface area contributed by atoms with Crippen molar-refractivity contribution >= 4 is 33.2 Å². The number of sulfonamides is 1. The van der Waals surface area contributed by atoms with Gasteiger partial charge in [0.2, 0.25) is 0 Å². The van der Waals surface area contributed by atoms with Gasteiger partial charge in [0.15, 0.2) is 0 Å². The summed E-state index contributed by atoms with van der Waals surface area (Å²) >= 11 is 1.12. The van der Waals surface area contributed by atoms with Crippen molar-refractivity contribution < 1.29 is 22.7 Å². The summed E-state index contributed by atoms with van der Waals surface area (Å²) in [4.78, 5) is 24.1. The van der Waals surface area contributed by atoms with Gasteiger partial charge in [0.1, 0.15) is 10.4 Å². The molecule has 10 heteroatoms. The van der Waals surface area contributed by atoms with Gasteiger partial charge in [0.05, 0.1) is 13.2 Å². The lowest BCUT2D eigenvalue weighted by Crippen LogP contribution is -2.52. The molecule has 1 aromatic carbocycles. The minimum Gasteiger partial charge on any atom is -0.360 e. The number of hydrogen-bond donors (Lipinski definition) is 2. The van der Waals surface area contributed by atoms with Gasteiger partial charge < -0.3 is 15.4 Å². The molecular formula is C19H23N3O5S2. The number of hydrogen-bond acceptors (Lipinski definition) is 6. The Bertz CT molecular complexity index is 943. The zero-order valence-corrected chi connectivity index (χ0v) is 17.6. The molecule has 29 heavy (non-hydrogen) atoms. The highest BCUT2D eigenvalue weighted by atomic mass is 32.2. The number of carbonyl (C=O) groups is 2. The molecule has 2 N–H and O–H groups in total. The fraction of sp³-hybridized carbons (Fsp3) is 0.368. The van der Waals surface area contributed by atoms with Crippen LogP contribution < -0.4 is 10.6 Å². The predicted molar refractivity (Wildman–Crippen MR) is 109 cm³/mol. The Balaban J connectivity index is 1.55. The van der Waals surface area contributed by atoms with Gasteiger partial charge in [0.25, 0.3) is 10.0 Å². The third-order valence-electron chi connectivity index (χ3n) is 4.43. The van der Waals surface area contributed by atoms with E-state index in [9.17, 15) is 18.0 Å². The second-order valence-electron chi connectivity index (χ2n) is 6.61. The van der Waals surface area contributed by atoms with Crippen LogP contribution in [0.1, 0.15) is 17.5 Å². The predicted octanol–water partition coefficient (Wildman–Crippen LogP) is 1.23. The summed E-state index contributed by atoms with van der Waals surface area (Å²) in [5.74, 6) is -1.62. The van der Waals surface area contributed by atoms with Crippen molar-refractivity contribution in [1.29, 1.82) is 0 Å². The van der Waals surface area contributed by atoms with Crippen LogP contribution in [-0.2, 0) is 30.9 Å². The van der Waals surface area contributed by atoms with Crippen LogP contribution in [0, 0.1) is 6.92 Å². The molecule has 3 rings (SSSR count). The zero-order chi connectivity index (χ0) is 20.9. The molecule has 0 bridgehead atoms. The molecule has 0 saturated carbocycles. The molecule has 1 atom stereocenters. The maximum atomic E-state index is 12.8. The second kappa shape index (κ2) is 9.49. The highest BCUT2D eigenvalue weighted by molar-refractivity contribution is 7.91. The Morgan fingerprint density at radius 3 is 2.59 bits per heavy atom. The van der Waals surface area contributed by atoms with Gasteiger partial charge in [0, 0.05) is 13.1 Å². The fourth-order valence-corrected chi connectivity index (χ4v) is 5.54. The molecule has 1 aliphatic heterocycles. The number of thiophene rings is 1. The average Bonchev–Trinajstić information content (AvgIpc) is 3.27. The van der Waals surface area contributed by atoms with E-state index in [4.69, 9.17) is 4.74 Å². The van der Waals surface area contributed by atoms with E-state index < -0.39 is 28.1 Å². The second-order valence-corrected chi connectivity index (χ2v) is 9.67. The Kier molecular flexibility index (Phi) is 7.01. The number of rotatable bonds is 6. The Hall–Kier alpha value is -2.27. The minimum atomic E-state index is -3.71. The molecule has 0 unspecified atom stereocenters. The highest BCUT2D eigenvalue weighted by Crippen LogP contribution is 2.25. The van der Waals surface area contributed by atoms with Crippen LogP contribution in [0.3, 0.4) is 0 Å². The lowest BCUT2D eigenvalue weighted by Gasteiger charge is -2.34. The quantitative estimate of drug-likeness (QED) is 0.662. The van der Waals surface area contributed by atoms with E-state index >= 15 is 0 Å². The van der Waals surface area contributed by atoms with Crippen molar-refractivity contribution in [3.05, 3.63) is 52.9 Å². The van der Waals surface area contributed by atoms with Crippen LogP contribution in [0.5, 0.6) is 0 Å². The van der Waals surface area contributed by atoms with Crippen molar-refractivity contribution in [2.24, 2.45) is 0 Å². The van der Waals surface area contributed by atoms with E-state index in [1.165, 1.54) is 10.4 Å². The third kappa shape index (κ3) is 5.41. The van der Waals surface area contributed by atoms with Gasteiger partial charge in [-0.2, -0.15) is 4.31 Å². The van der Waals surface area contributed by atoms with E-state index in [1.54, 1.807) is 11.4 Å². The molecule has 1 aliphatic rings. The van der Waals surface area contributed by atoms with E-state index in [1.807, 2.05) is 31.2 Å². The van der Waals surface area contributed by atoms with E-state index in [0.29, 0.717) is 19.6 Å². The summed E-state index contributed by atoms with van der Waals surface area (Å²) in [6, 6.07) is 10.8. The first kappa shape index (κ1) is 21.4. The minimum absolute atomic E-state index is 0.110. The van der Waals surface area contributed by atoms with E-state index in [0.717, 1.165) is 22.5 Å². The molecular weight excluding hydrogens is 414 g/mol. The summed E-state index contributed by atoms with van der Waals surface area (Å²) in [6.07, 6.45) is -0.295. The standard InChI is InChI=1S/C19H23N3O5S2/c1-14-5-7-15(8-6-14)12-20-18(23)19(24)21-13-16-22(9-3-10-27-16)29(25,26)17-4-2-11-28-17/h2,4-8,11,16H,3,9-10,12-13H2,1H3,(H,20,23)(H,21,24)/t16-/m1/s1. The van der Waals surface area contributed by atoms with E-state index in [2.05, 4.69) is 10.6 Å². The van der Waals surface area contributed by atoms with Crippen LogP contribution in [-0.4, -0.2) is 50.5 Å². The summed E-state index contributed by atoms with van der Waals surface area (Å²) in [5.41, 5.74) is 1.98. The topological polar surface area (TPSA) is 105 Å². The van der Waals surface area contributed by atoms with Gasteiger partial charge in [-0.25, -0.2) is 8.42 Å². The molecule has 0 spiro atoms. The fourth-order valence-electron chi connectivity index (χ4n) is 2.86. The Morgan fingerprint density at radius 1 is 1.17 bits per heavy atom. The van der Waals surface area contributed by atoms with Gasteiger partial charge >= 0.3 is 11.8 Å². The average molecular weight is 438 g/mol. The number of nitrogens with zero attached hydrogens (tertiary/aromatic N) is 1. The molecule has 8 nitrogen and oxygen atoms in total. The van der Waals surface area contributed by atoms with Crippen LogP contribution in [0.25, 0.3) is 0 Å². The highest BCUT2D eigenvalue weighted by Gasteiger charge is 2.35. The lowest BCUT2D eigenvalue weighted by atomic mass is 10.1. The first-order chi connectivity index (χ1) is 13.9. The van der Waals surface area contributed by atoms with Crippen molar-refractivity contribution in [3.63, 3.8) is 0 Å². The Morgan fingerprint density at radius 2 is 1.90 bits per heavy atom. The number of amides is 2. The number of carbonyl (C=O) groups excluding carboxylic acids is 2. The number of nitrogens with one attached hydrogen (secondary N) is 2. The van der Waals surface area contributed by atoms with Crippen LogP contribution in [0.2, 0.25) is 0 Å². The first-order valence-electron chi connectivity index (χ1n) is 9.16. The van der Waals surface area contributed by atoms with Crippen LogP contribution in [0.4, 0.5) is 0 Å². The summed E-state index contributed by atoms with van der Waals surface area (Å²) < 4.78 is 32.6. The van der Waals surface area contributed by atoms with Crippen LogP contribution in [0.15, 0.2) is 46.0 Å². The number of benzene rings is 1. The van der Waals surface area contributed by atoms with Crippen LogP contribution >= 0.6 is 11.3 Å². The molecule has 1 fully saturated rings. The largest absolute Gasteiger partial charge is 0.360 e. The molecule has 2 amide bonds. The normalized spacial score (nSPS) is 17.6. The molecule has 0 radical (unpaired) electrons. The summed E-state index contributed by atoms with van der Waals surface area (Å²) in [7, 11) is -3.71. The SMILES string of the molecule is Cc1ccc(CNC(=O)C(=O)NC[C@H]2OCCCN2S(=O)(=O)c2cccs2)cc1. The summed E-state index contributed by atoms with van der Waals surface area (Å²) in [5, 5.41) is 6.70. The van der Waals surface area contributed by atoms with Crippen molar-refractivity contribution in [2.45, 2.75) is 30.3 Å². The van der Waals surface area contributed by atoms with Crippen molar-refractivity contribution in [2.75, 3.05) is 19.7 Å². The molecule has 1 aromatic heterocycles. The molecule has 0 aliphatic carbocycles. The third-order valence-corrected chi connectivity index (χ3v) is 7.69. The smallest absolute Gasteiger partial charge is 0.309 e. The van der Waals surface area contributed by atoms with Gasteiger partial charge in [-0.1, -0.05) is 35.9 Å². The first-order valence-corrected chi connectivity index (χ1v) is 11.5. The molecule has 2 heterocycles. The molecule has 156 valence electrons. The number of ether oxygens (including phenoxy) is 1.